The quantitative estimate of drug-likeness (QED) is 0.459. The van der Waals surface area contributed by atoms with Gasteiger partial charge in [-0.15, -0.1) is 0 Å². The maximum atomic E-state index is 11.9. The first-order chi connectivity index (χ1) is 15.1. The summed E-state index contributed by atoms with van der Waals surface area (Å²) in [5.74, 6) is -1.88. The van der Waals surface area contributed by atoms with Crippen LogP contribution in [0, 0.1) is 0 Å². The van der Waals surface area contributed by atoms with Gasteiger partial charge in [0.2, 0.25) is 12.2 Å². The molecule has 5 atom stereocenters. The summed E-state index contributed by atoms with van der Waals surface area (Å²) in [4.78, 5) is 46.9. The molecule has 0 bridgehead atoms. The maximum absolute atomic E-state index is 11.9. The van der Waals surface area contributed by atoms with E-state index in [0.717, 1.165) is 12.0 Å². The van der Waals surface area contributed by atoms with Gasteiger partial charge in [-0.1, -0.05) is 19.1 Å². The molecule has 1 N–H and O–H groups in total. The van der Waals surface area contributed by atoms with Gasteiger partial charge in [0.25, 0.3) is 0 Å². The molecule has 1 aromatic rings. The van der Waals surface area contributed by atoms with Crippen molar-refractivity contribution in [2.75, 3.05) is 6.61 Å². The van der Waals surface area contributed by atoms with Crippen LogP contribution in [-0.4, -0.2) is 61.1 Å². The molecule has 10 heteroatoms. The Bertz CT molecular complexity index is 840. The number of hydrogen-bond acceptors (Lipinski definition) is 9. The van der Waals surface area contributed by atoms with Crippen LogP contribution in [0.4, 0.5) is 0 Å². The van der Waals surface area contributed by atoms with Crippen molar-refractivity contribution >= 4 is 23.8 Å². The number of nitrogens with one attached hydrogen (secondary N) is 1. The van der Waals surface area contributed by atoms with Gasteiger partial charge < -0.3 is 29.0 Å². The number of amides is 1. The third kappa shape index (κ3) is 7.23. The Morgan fingerprint density at radius 2 is 1.62 bits per heavy atom. The molecule has 10 nitrogen and oxygen atoms in total. The molecule has 0 saturated carbocycles. The van der Waals surface area contributed by atoms with Gasteiger partial charge in [-0.2, -0.15) is 0 Å². The molecule has 1 saturated heterocycles. The highest BCUT2D eigenvalue weighted by atomic mass is 16.7. The largest absolute Gasteiger partial charge is 0.463 e. The first-order valence-electron chi connectivity index (χ1n) is 10.3. The van der Waals surface area contributed by atoms with Gasteiger partial charge >= 0.3 is 17.9 Å². The normalized spacial score (nSPS) is 24.7. The van der Waals surface area contributed by atoms with E-state index in [1.165, 1.54) is 27.7 Å². The van der Waals surface area contributed by atoms with Gasteiger partial charge in [0, 0.05) is 27.7 Å². The fraction of sp³-hybridized carbons (Fsp3) is 0.545. The predicted octanol–water partition coefficient (Wildman–Crippen LogP) is 1.28. The second-order valence-electron chi connectivity index (χ2n) is 7.34. The Morgan fingerprint density at radius 1 is 0.969 bits per heavy atom. The molecular formula is C22H29NO9. The minimum absolute atomic E-state index is 0.285. The lowest BCUT2D eigenvalue weighted by atomic mass is 9.96. The van der Waals surface area contributed by atoms with E-state index in [4.69, 9.17) is 23.7 Å². The molecule has 0 spiro atoms. The Hall–Kier alpha value is -3.14. The van der Waals surface area contributed by atoms with Crippen LogP contribution >= 0.6 is 0 Å². The highest BCUT2D eigenvalue weighted by molar-refractivity contribution is 5.73. The van der Waals surface area contributed by atoms with Crippen LogP contribution in [-0.2, 0) is 44.5 Å². The Balaban J connectivity index is 2.45. The summed E-state index contributed by atoms with van der Waals surface area (Å²) in [6, 6.07) is 6.26. The van der Waals surface area contributed by atoms with E-state index < -0.39 is 54.5 Å². The molecule has 32 heavy (non-hydrogen) atoms. The van der Waals surface area contributed by atoms with Gasteiger partial charge in [0.1, 0.15) is 24.5 Å². The minimum atomic E-state index is -1.16. The summed E-state index contributed by atoms with van der Waals surface area (Å²) in [6.45, 7) is 6.58. The van der Waals surface area contributed by atoms with Gasteiger partial charge in [-0.3, -0.25) is 19.2 Å². The molecule has 1 aliphatic rings. The molecule has 0 radical (unpaired) electrons. The van der Waals surface area contributed by atoms with E-state index in [2.05, 4.69) is 5.32 Å². The summed E-state index contributed by atoms with van der Waals surface area (Å²) in [5.41, 5.74) is 1.01. The topological polar surface area (TPSA) is 126 Å². The molecule has 1 fully saturated rings. The van der Waals surface area contributed by atoms with E-state index >= 15 is 0 Å². The van der Waals surface area contributed by atoms with E-state index in [9.17, 15) is 19.2 Å². The fourth-order valence-electron chi connectivity index (χ4n) is 3.36. The van der Waals surface area contributed by atoms with Crippen molar-refractivity contribution in [3.63, 3.8) is 0 Å². The lowest BCUT2D eigenvalue weighted by Crippen LogP contribution is -2.67. The highest BCUT2D eigenvalue weighted by Crippen LogP contribution is 2.29. The number of ether oxygens (including phenoxy) is 5. The average Bonchev–Trinajstić information content (AvgIpc) is 2.70. The van der Waals surface area contributed by atoms with Crippen molar-refractivity contribution < 1.29 is 42.9 Å². The van der Waals surface area contributed by atoms with Crippen LogP contribution in [0.2, 0.25) is 0 Å². The predicted molar refractivity (Wildman–Crippen MR) is 110 cm³/mol. The molecule has 1 amide bonds. The summed E-state index contributed by atoms with van der Waals surface area (Å²) in [5, 5.41) is 2.66. The summed E-state index contributed by atoms with van der Waals surface area (Å²) in [6.07, 6.45) is -3.69. The Labute approximate surface area is 186 Å². The average molecular weight is 451 g/mol. The van der Waals surface area contributed by atoms with Crippen molar-refractivity contribution in [1.82, 2.24) is 5.32 Å². The second-order valence-corrected chi connectivity index (χ2v) is 7.34. The number of esters is 3. The van der Waals surface area contributed by atoms with Gasteiger partial charge in [0.15, 0.2) is 12.2 Å². The van der Waals surface area contributed by atoms with E-state index in [0.29, 0.717) is 5.75 Å². The van der Waals surface area contributed by atoms with Crippen LogP contribution in [0.3, 0.4) is 0 Å². The lowest BCUT2D eigenvalue weighted by molar-refractivity contribution is -0.257. The first kappa shape index (κ1) is 25.1. The van der Waals surface area contributed by atoms with Crippen molar-refractivity contribution in [2.24, 2.45) is 0 Å². The van der Waals surface area contributed by atoms with E-state index in [1.54, 1.807) is 6.07 Å². The van der Waals surface area contributed by atoms with Crippen LogP contribution in [0.5, 0.6) is 5.75 Å². The summed E-state index contributed by atoms with van der Waals surface area (Å²) in [7, 11) is 0. The zero-order chi connectivity index (χ0) is 23.8. The van der Waals surface area contributed by atoms with Crippen LogP contribution in [0.15, 0.2) is 24.3 Å². The Morgan fingerprint density at radius 3 is 2.19 bits per heavy atom. The van der Waals surface area contributed by atoms with E-state index in [1.807, 2.05) is 25.1 Å². The molecule has 1 aromatic carbocycles. The first-order valence-corrected chi connectivity index (χ1v) is 10.3. The van der Waals surface area contributed by atoms with Crippen molar-refractivity contribution in [1.29, 1.82) is 0 Å². The monoisotopic (exact) mass is 451 g/mol. The van der Waals surface area contributed by atoms with Crippen molar-refractivity contribution in [2.45, 2.75) is 71.7 Å². The SMILES string of the molecule is CCc1cccc(O[C@@H]2O[C@H](COC(C)=O)[C@H](OC(C)=O)[C@@H](OC(C)=O)[C@H]2NC(C)=O)c1. The molecule has 0 aromatic heterocycles. The third-order valence-electron chi connectivity index (χ3n) is 4.63. The standard InChI is InChI=1S/C22H29NO9/c1-6-16-8-7-9-17(10-16)31-22-19(23-12(2)24)21(30-15(5)27)20(29-14(4)26)18(32-22)11-28-13(3)25/h7-10,18-22H,6,11H2,1-5H3,(H,23,24)/t18-,19-,20+,21+,22-/m1/s1. The number of hydrogen-bond donors (Lipinski definition) is 1. The molecule has 1 heterocycles. The van der Waals surface area contributed by atoms with E-state index in [-0.39, 0.29) is 6.61 Å². The van der Waals surface area contributed by atoms with Crippen LogP contribution in [0.1, 0.15) is 40.2 Å². The molecule has 176 valence electrons. The molecule has 1 aliphatic heterocycles. The maximum Gasteiger partial charge on any atom is 0.303 e. The molecule has 0 unspecified atom stereocenters. The molecular weight excluding hydrogens is 422 g/mol. The molecule has 0 aliphatic carbocycles. The van der Waals surface area contributed by atoms with Gasteiger partial charge in [-0.05, 0) is 24.1 Å². The smallest absolute Gasteiger partial charge is 0.303 e. The number of carbonyl (C=O) groups is 4. The van der Waals surface area contributed by atoms with Gasteiger partial charge in [-0.25, -0.2) is 0 Å². The summed E-state index contributed by atoms with van der Waals surface area (Å²) < 4.78 is 27.8. The van der Waals surface area contributed by atoms with Crippen LogP contribution < -0.4 is 10.1 Å². The number of aryl methyl sites for hydroxylation is 1. The third-order valence-corrected chi connectivity index (χ3v) is 4.63. The minimum Gasteiger partial charge on any atom is -0.463 e. The highest BCUT2D eigenvalue weighted by Gasteiger charge is 2.51. The number of carbonyl (C=O) groups excluding carboxylic acids is 4. The summed E-state index contributed by atoms with van der Waals surface area (Å²) >= 11 is 0. The zero-order valence-corrected chi connectivity index (χ0v) is 18.8. The van der Waals surface area contributed by atoms with Crippen molar-refractivity contribution in [3.05, 3.63) is 29.8 Å². The fourth-order valence-corrected chi connectivity index (χ4v) is 3.36. The number of rotatable bonds is 8. The van der Waals surface area contributed by atoms with Crippen LogP contribution in [0.25, 0.3) is 0 Å². The zero-order valence-electron chi connectivity index (χ0n) is 18.8. The van der Waals surface area contributed by atoms with Crippen molar-refractivity contribution in [3.8, 4) is 5.75 Å². The van der Waals surface area contributed by atoms with Gasteiger partial charge in [0.05, 0.1) is 0 Å². The molecule has 2 rings (SSSR count). The Kier molecular flexibility index (Phi) is 9.01. The number of benzene rings is 1. The lowest BCUT2D eigenvalue weighted by Gasteiger charge is -2.44. The second kappa shape index (κ2) is 11.5.